The van der Waals surface area contributed by atoms with E-state index in [0.717, 1.165) is 5.39 Å². The van der Waals surface area contributed by atoms with E-state index in [1.165, 1.54) is 36.4 Å². The Morgan fingerprint density at radius 3 is 2.12 bits per heavy atom. The lowest BCUT2D eigenvalue weighted by atomic mass is 9.88. The Morgan fingerprint density at radius 1 is 0.879 bits per heavy atom. The molecule has 166 valence electrons. The van der Waals surface area contributed by atoms with E-state index >= 15 is 0 Å². The third kappa shape index (κ3) is 4.11. The van der Waals surface area contributed by atoms with Crippen molar-refractivity contribution in [2.75, 3.05) is 0 Å². The molecule has 0 aliphatic carbocycles. The number of hydrogen-bond acceptors (Lipinski definition) is 3. The van der Waals surface area contributed by atoms with Crippen LogP contribution >= 0.6 is 0 Å². The number of pyridine rings is 1. The molecule has 33 heavy (non-hydrogen) atoms. The van der Waals surface area contributed by atoms with Crippen molar-refractivity contribution < 1.29 is 31.5 Å². The van der Waals surface area contributed by atoms with E-state index in [1.54, 1.807) is 36.4 Å². The maximum Gasteiger partial charge on any atom is 0.434 e. The van der Waals surface area contributed by atoms with Crippen LogP contribution in [0.25, 0.3) is 21.9 Å². The fourth-order valence-corrected chi connectivity index (χ4v) is 3.71. The highest BCUT2D eigenvalue weighted by molar-refractivity contribution is 6.16. The monoisotopic (exact) mass is 455 g/mol. The number of alkyl halides is 5. The first-order valence-corrected chi connectivity index (χ1v) is 9.69. The predicted octanol–water partition coefficient (Wildman–Crippen LogP) is 6.90. The second-order valence-corrected chi connectivity index (χ2v) is 7.18. The number of carbonyl (C=O) groups is 2. The molecule has 8 heteroatoms. The maximum absolute atomic E-state index is 14.0. The molecule has 1 heterocycles. The van der Waals surface area contributed by atoms with Gasteiger partial charge in [-0.3, -0.25) is 9.59 Å². The second-order valence-electron chi connectivity index (χ2n) is 7.18. The summed E-state index contributed by atoms with van der Waals surface area (Å²) >= 11 is 0. The van der Waals surface area contributed by atoms with E-state index in [1.807, 2.05) is 0 Å². The number of rotatable bonds is 5. The Hall–Kier alpha value is -3.94. The molecule has 0 amide bonds. The molecule has 0 fully saturated rings. The predicted molar refractivity (Wildman–Crippen MR) is 112 cm³/mol. The molecule has 3 nitrogen and oxygen atoms in total. The number of halogens is 5. The average molecular weight is 455 g/mol. The molecule has 0 saturated heterocycles. The normalized spacial score (nSPS) is 11.7. The van der Waals surface area contributed by atoms with Crippen LogP contribution in [-0.4, -0.2) is 17.1 Å². The van der Waals surface area contributed by atoms with Crippen molar-refractivity contribution in [3.8, 4) is 11.1 Å². The molecule has 4 rings (SSSR count). The number of benzene rings is 3. The molecule has 3 aromatic carbocycles. The van der Waals surface area contributed by atoms with Crippen LogP contribution in [0.3, 0.4) is 0 Å². The molecule has 0 spiro atoms. The number of aldehydes is 1. The molecule has 0 bridgehead atoms. The number of carbonyl (C=O) groups excluding carboxylic acids is 2. The van der Waals surface area contributed by atoms with Gasteiger partial charge in [0.15, 0.2) is 17.8 Å². The minimum atomic E-state index is -5.23. The smallest absolute Gasteiger partial charge is 0.298 e. The summed E-state index contributed by atoms with van der Waals surface area (Å²) in [6, 6.07) is 18.4. The number of ketones is 1. The van der Waals surface area contributed by atoms with Gasteiger partial charge in [0.25, 0.3) is 6.43 Å². The lowest BCUT2D eigenvalue weighted by Gasteiger charge is -2.20. The van der Waals surface area contributed by atoms with Crippen molar-refractivity contribution in [2.24, 2.45) is 0 Å². The standard InChI is InChI=1S/C25H14F5NO2/c26-24(27)21-18(13-32)19(15-7-2-1-3-8-15)20(23(31-21)25(28,29)30)22(33)17-11-10-14-6-4-5-9-16(14)12-17/h1-13,24H. The molecule has 0 atom stereocenters. The van der Waals surface area contributed by atoms with Gasteiger partial charge in [0.1, 0.15) is 5.69 Å². The zero-order valence-electron chi connectivity index (χ0n) is 16.7. The van der Waals surface area contributed by atoms with Gasteiger partial charge in [-0.25, -0.2) is 13.8 Å². The van der Waals surface area contributed by atoms with E-state index in [0.29, 0.717) is 5.39 Å². The highest BCUT2D eigenvalue weighted by atomic mass is 19.4. The summed E-state index contributed by atoms with van der Waals surface area (Å²) < 4.78 is 69.3. The lowest BCUT2D eigenvalue weighted by Crippen LogP contribution is -2.21. The quantitative estimate of drug-likeness (QED) is 0.187. The summed E-state index contributed by atoms with van der Waals surface area (Å²) in [5.41, 5.74) is -5.41. The molecule has 1 aromatic heterocycles. The van der Waals surface area contributed by atoms with Gasteiger partial charge in [0.05, 0.1) is 11.1 Å². The molecule has 4 aromatic rings. The van der Waals surface area contributed by atoms with E-state index in [9.17, 15) is 31.5 Å². The zero-order chi connectivity index (χ0) is 23.8. The molecular formula is C25H14F5NO2. The summed E-state index contributed by atoms with van der Waals surface area (Å²) in [6.45, 7) is 0. The molecule has 0 aliphatic heterocycles. The van der Waals surface area contributed by atoms with Gasteiger partial charge in [0.2, 0.25) is 0 Å². The topological polar surface area (TPSA) is 47.0 Å². The third-order valence-corrected chi connectivity index (χ3v) is 5.16. The van der Waals surface area contributed by atoms with Gasteiger partial charge < -0.3 is 0 Å². The van der Waals surface area contributed by atoms with Crippen molar-refractivity contribution in [3.05, 3.63) is 101 Å². The molecule has 0 unspecified atom stereocenters. The first-order chi connectivity index (χ1) is 15.7. The van der Waals surface area contributed by atoms with Crippen LogP contribution in [0.5, 0.6) is 0 Å². The SMILES string of the molecule is O=Cc1c(C(F)F)nc(C(F)(F)F)c(C(=O)c2ccc3ccccc3c2)c1-c1ccccc1. The zero-order valence-corrected chi connectivity index (χ0v) is 16.7. The lowest BCUT2D eigenvalue weighted by molar-refractivity contribution is -0.141. The van der Waals surface area contributed by atoms with Crippen LogP contribution in [0.1, 0.15) is 44.1 Å². The van der Waals surface area contributed by atoms with Crippen molar-refractivity contribution in [3.63, 3.8) is 0 Å². The van der Waals surface area contributed by atoms with Crippen LogP contribution < -0.4 is 0 Å². The fourth-order valence-electron chi connectivity index (χ4n) is 3.71. The Morgan fingerprint density at radius 2 is 1.52 bits per heavy atom. The molecular weight excluding hydrogens is 441 g/mol. The Labute approximate surface area is 184 Å². The number of aromatic nitrogens is 1. The number of fused-ring (bicyclic) bond motifs is 1. The maximum atomic E-state index is 14.0. The Bertz CT molecular complexity index is 1360. The van der Waals surface area contributed by atoms with E-state index in [-0.39, 0.29) is 17.4 Å². The first-order valence-electron chi connectivity index (χ1n) is 9.69. The summed E-state index contributed by atoms with van der Waals surface area (Å²) in [4.78, 5) is 28.3. The Kier molecular flexibility index (Phi) is 5.76. The van der Waals surface area contributed by atoms with Crippen LogP contribution in [0, 0.1) is 0 Å². The van der Waals surface area contributed by atoms with Crippen LogP contribution in [-0.2, 0) is 6.18 Å². The van der Waals surface area contributed by atoms with Gasteiger partial charge in [-0.15, -0.1) is 0 Å². The minimum absolute atomic E-state index is 0.00809. The largest absolute Gasteiger partial charge is 0.434 e. The van der Waals surface area contributed by atoms with Gasteiger partial charge >= 0.3 is 6.18 Å². The molecule has 0 radical (unpaired) electrons. The summed E-state index contributed by atoms with van der Waals surface area (Å²) in [5.74, 6) is -1.08. The second kappa shape index (κ2) is 8.54. The highest BCUT2D eigenvalue weighted by Crippen LogP contribution is 2.41. The summed E-state index contributed by atoms with van der Waals surface area (Å²) in [7, 11) is 0. The molecule has 0 aliphatic rings. The van der Waals surface area contributed by atoms with Gasteiger partial charge in [0, 0.05) is 11.1 Å². The molecule has 0 N–H and O–H groups in total. The van der Waals surface area contributed by atoms with E-state index < -0.39 is 46.5 Å². The highest BCUT2D eigenvalue weighted by Gasteiger charge is 2.41. The fraction of sp³-hybridized carbons (Fsp3) is 0.0800. The average Bonchev–Trinajstić information content (AvgIpc) is 2.81. The minimum Gasteiger partial charge on any atom is -0.298 e. The first kappa shape index (κ1) is 22.3. The van der Waals surface area contributed by atoms with Gasteiger partial charge in [-0.1, -0.05) is 66.7 Å². The number of hydrogen-bond donors (Lipinski definition) is 0. The van der Waals surface area contributed by atoms with Crippen LogP contribution in [0.4, 0.5) is 22.0 Å². The van der Waals surface area contributed by atoms with Gasteiger partial charge in [-0.2, -0.15) is 13.2 Å². The third-order valence-electron chi connectivity index (χ3n) is 5.16. The van der Waals surface area contributed by atoms with Crippen molar-refractivity contribution >= 4 is 22.8 Å². The van der Waals surface area contributed by atoms with Crippen molar-refractivity contribution in [1.29, 1.82) is 0 Å². The van der Waals surface area contributed by atoms with Gasteiger partial charge in [-0.05, 0) is 22.4 Å². The van der Waals surface area contributed by atoms with Crippen molar-refractivity contribution in [1.82, 2.24) is 4.98 Å². The summed E-state index contributed by atoms with van der Waals surface area (Å²) in [5, 5.41) is 1.36. The summed E-state index contributed by atoms with van der Waals surface area (Å²) in [6.07, 6.45) is -8.68. The molecule has 0 saturated carbocycles. The number of nitrogens with zero attached hydrogens (tertiary/aromatic N) is 1. The van der Waals surface area contributed by atoms with Crippen LogP contribution in [0.2, 0.25) is 0 Å². The van der Waals surface area contributed by atoms with E-state index in [4.69, 9.17) is 0 Å². The van der Waals surface area contributed by atoms with E-state index in [2.05, 4.69) is 4.98 Å². The Balaban J connectivity index is 2.10. The van der Waals surface area contributed by atoms with Crippen molar-refractivity contribution in [2.45, 2.75) is 12.6 Å². The van der Waals surface area contributed by atoms with Crippen LogP contribution in [0.15, 0.2) is 72.8 Å².